The zero-order valence-electron chi connectivity index (χ0n) is 11.6. The maximum atomic E-state index is 12.9. The first-order valence-corrected chi connectivity index (χ1v) is 5.89. The number of carboxylic acid groups (broad SMARTS) is 1. The van der Waals surface area contributed by atoms with Crippen molar-refractivity contribution in [1.29, 1.82) is 0 Å². The fourth-order valence-electron chi connectivity index (χ4n) is 1.83. The van der Waals surface area contributed by atoms with Gasteiger partial charge in [0.25, 0.3) is 0 Å². The molecule has 0 radical (unpaired) electrons. The highest BCUT2D eigenvalue weighted by Gasteiger charge is 2.29. The zero-order chi connectivity index (χ0) is 14.6. The molecule has 0 heterocycles. The summed E-state index contributed by atoms with van der Waals surface area (Å²) in [6.45, 7) is 2.57. The van der Waals surface area contributed by atoms with Crippen LogP contribution < -0.4 is 9.47 Å². The lowest BCUT2D eigenvalue weighted by atomic mass is 9.85. The second-order valence-corrected chi connectivity index (χ2v) is 4.98. The quantitative estimate of drug-likeness (QED) is 0.863. The van der Waals surface area contributed by atoms with Crippen molar-refractivity contribution < 1.29 is 23.8 Å². The smallest absolute Gasteiger partial charge is 0.309 e. The molecule has 0 bridgehead atoms. The van der Waals surface area contributed by atoms with Crippen molar-refractivity contribution in [2.24, 2.45) is 5.41 Å². The fourth-order valence-corrected chi connectivity index (χ4v) is 1.83. The average Bonchev–Trinajstić information content (AvgIpc) is 2.37. The van der Waals surface area contributed by atoms with Gasteiger partial charge in [-0.2, -0.15) is 0 Å². The SMILES string of the molecule is COc1cc(OC)c(CC(C)(C)C(=O)O)cc1CF. The second kappa shape index (κ2) is 5.91. The lowest BCUT2D eigenvalue weighted by Gasteiger charge is -2.21. The number of aliphatic carboxylic acids is 1. The predicted octanol–water partition coefficient (Wildman–Crippen LogP) is 2.83. The summed E-state index contributed by atoms with van der Waals surface area (Å²) in [5.41, 5.74) is 0.0953. The van der Waals surface area contributed by atoms with Crippen LogP contribution in [0, 0.1) is 5.41 Å². The van der Waals surface area contributed by atoms with Crippen molar-refractivity contribution >= 4 is 5.97 Å². The third-order valence-electron chi connectivity index (χ3n) is 3.04. The molecule has 0 spiro atoms. The number of hydrogen-bond acceptors (Lipinski definition) is 3. The number of rotatable bonds is 6. The molecule has 19 heavy (non-hydrogen) atoms. The molecule has 5 heteroatoms. The highest BCUT2D eigenvalue weighted by molar-refractivity contribution is 5.74. The topological polar surface area (TPSA) is 55.8 Å². The third-order valence-corrected chi connectivity index (χ3v) is 3.04. The highest BCUT2D eigenvalue weighted by atomic mass is 19.1. The van der Waals surface area contributed by atoms with Crippen molar-refractivity contribution in [3.63, 3.8) is 0 Å². The van der Waals surface area contributed by atoms with E-state index in [1.807, 2.05) is 0 Å². The highest BCUT2D eigenvalue weighted by Crippen LogP contribution is 2.34. The summed E-state index contributed by atoms with van der Waals surface area (Å²) in [5, 5.41) is 9.15. The van der Waals surface area contributed by atoms with Crippen LogP contribution in [-0.2, 0) is 17.9 Å². The van der Waals surface area contributed by atoms with Crippen molar-refractivity contribution in [3.8, 4) is 11.5 Å². The number of alkyl halides is 1. The number of carboxylic acids is 1. The molecule has 1 N–H and O–H groups in total. The van der Waals surface area contributed by atoms with Crippen LogP contribution in [0.5, 0.6) is 11.5 Å². The first kappa shape index (κ1) is 15.3. The molecule has 106 valence electrons. The Bertz CT molecular complexity index is 469. The van der Waals surface area contributed by atoms with E-state index in [9.17, 15) is 9.18 Å². The minimum absolute atomic E-state index is 0.252. The largest absolute Gasteiger partial charge is 0.496 e. The van der Waals surface area contributed by atoms with Gasteiger partial charge in [-0.3, -0.25) is 4.79 Å². The molecule has 0 atom stereocenters. The van der Waals surface area contributed by atoms with E-state index in [-0.39, 0.29) is 6.42 Å². The van der Waals surface area contributed by atoms with Crippen molar-refractivity contribution in [1.82, 2.24) is 0 Å². The molecule has 1 aromatic carbocycles. The molecule has 0 amide bonds. The Morgan fingerprint density at radius 3 is 2.16 bits per heavy atom. The molecule has 0 unspecified atom stereocenters. The van der Waals surface area contributed by atoms with E-state index in [1.165, 1.54) is 14.2 Å². The first-order chi connectivity index (χ1) is 8.85. The van der Waals surface area contributed by atoms with Gasteiger partial charge in [0.1, 0.15) is 18.2 Å². The maximum absolute atomic E-state index is 12.9. The van der Waals surface area contributed by atoms with Crippen molar-refractivity contribution in [2.75, 3.05) is 14.2 Å². The molecule has 1 aromatic rings. The predicted molar refractivity (Wildman–Crippen MR) is 69.5 cm³/mol. The van der Waals surface area contributed by atoms with Gasteiger partial charge in [0, 0.05) is 11.6 Å². The van der Waals surface area contributed by atoms with E-state index in [2.05, 4.69) is 0 Å². The Hall–Kier alpha value is -1.78. The fraction of sp³-hybridized carbons (Fsp3) is 0.500. The third kappa shape index (κ3) is 3.36. The molecule has 0 saturated carbocycles. The summed E-state index contributed by atoms with van der Waals surface area (Å²) in [6, 6.07) is 3.19. The Balaban J connectivity index is 3.23. The minimum Gasteiger partial charge on any atom is -0.496 e. The molecule has 0 fully saturated rings. The summed E-state index contributed by atoms with van der Waals surface area (Å²) in [7, 11) is 2.94. The first-order valence-electron chi connectivity index (χ1n) is 5.89. The zero-order valence-corrected chi connectivity index (χ0v) is 11.6. The standard InChI is InChI=1S/C14H19FO4/c1-14(2,13(16)17)7-9-5-10(8-15)12(19-4)6-11(9)18-3/h5-6H,7-8H2,1-4H3,(H,16,17). The summed E-state index contributed by atoms with van der Waals surface area (Å²) < 4.78 is 23.2. The monoisotopic (exact) mass is 270 g/mol. The molecule has 0 saturated heterocycles. The van der Waals surface area contributed by atoms with E-state index in [4.69, 9.17) is 14.6 Å². The number of halogens is 1. The van der Waals surface area contributed by atoms with E-state index < -0.39 is 18.1 Å². The van der Waals surface area contributed by atoms with Crippen LogP contribution in [0.4, 0.5) is 4.39 Å². The van der Waals surface area contributed by atoms with E-state index in [0.717, 1.165) is 0 Å². The molecule has 1 rings (SSSR count). The molecule has 0 aliphatic rings. The van der Waals surface area contributed by atoms with E-state index >= 15 is 0 Å². The number of hydrogen-bond donors (Lipinski definition) is 1. The van der Waals surface area contributed by atoms with Gasteiger partial charge in [-0.25, -0.2) is 4.39 Å². The normalized spacial score (nSPS) is 11.2. The van der Waals surface area contributed by atoms with Gasteiger partial charge in [-0.15, -0.1) is 0 Å². The summed E-state index contributed by atoms with van der Waals surface area (Å²) in [4.78, 5) is 11.2. The lowest BCUT2D eigenvalue weighted by Crippen LogP contribution is -2.26. The van der Waals surface area contributed by atoms with Gasteiger partial charge < -0.3 is 14.6 Å². The Kier molecular flexibility index (Phi) is 4.75. The van der Waals surface area contributed by atoms with Crippen LogP contribution in [0.2, 0.25) is 0 Å². The van der Waals surface area contributed by atoms with Crippen LogP contribution in [0.15, 0.2) is 12.1 Å². The summed E-state index contributed by atoms with van der Waals surface area (Å²) in [5.74, 6) is -0.00762. The Labute approximate surface area is 112 Å². The van der Waals surface area contributed by atoms with Crippen LogP contribution in [0.3, 0.4) is 0 Å². The van der Waals surface area contributed by atoms with Gasteiger partial charge in [0.05, 0.1) is 19.6 Å². The average molecular weight is 270 g/mol. The molecule has 0 aliphatic heterocycles. The summed E-state index contributed by atoms with van der Waals surface area (Å²) >= 11 is 0. The Morgan fingerprint density at radius 2 is 1.74 bits per heavy atom. The van der Waals surface area contributed by atoms with Gasteiger partial charge in [0.15, 0.2) is 0 Å². The molecular weight excluding hydrogens is 251 g/mol. The number of carbonyl (C=O) groups is 1. The van der Waals surface area contributed by atoms with Gasteiger partial charge in [-0.05, 0) is 31.9 Å². The number of ether oxygens (including phenoxy) is 2. The molecule has 0 aromatic heterocycles. The second-order valence-electron chi connectivity index (χ2n) is 4.98. The van der Waals surface area contributed by atoms with Crippen LogP contribution in [0.25, 0.3) is 0 Å². The number of methoxy groups -OCH3 is 2. The van der Waals surface area contributed by atoms with E-state index in [1.54, 1.807) is 26.0 Å². The van der Waals surface area contributed by atoms with Gasteiger partial charge >= 0.3 is 5.97 Å². The van der Waals surface area contributed by atoms with E-state index in [0.29, 0.717) is 22.6 Å². The van der Waals surface area contributed by atoms with Crippen molar-refractivity contribution in [3.05, 3.63) is 23.3 Å². The van der Waals surface area contributed by atoms with Gasteiger partial charge in [0.2, 0.25) is 0 Å². The molecule has 0 aliphatic carbocycles. The van der Waals surface area contributed by atoms with Crippen molar-refractivity contribution in [2.45, 2.75) is 26.9 Å². The minimum atomic E-state index is -0.949. The summed E-state index contributed by atoms with van der Waals surface area (Å²) in [6.07, 6.45) is 0.252. The van der Waals surface area contributed by atoms with Crippen LogP contribution in [0.1, 0.15) is 25.0 Å². The van der Waals surface area contributed by atoms with Gasteiger partial charge in [-0.1, -0.05) is 0 Å². The Morgan fingerprint density at radius 1 is 1.21 bits per heavy atom. The number of benzene rings is 1. The van der Waals surface area contributed by atoms with Crippen LogP contribution >= 0.6 is 0 Å². The molecule has 4 nitrogen and oxygen atoms in total. The lowest BCUT2D eigenvalue weighted by molar-refractivity contribution is -0.146. The van der Waals surface area contributed by atoms with Crippen LogP contribution in [-0.4, -0.2) is 25.3 Å². The maximum Gasteiger partial charge on any atom is 0.309 e. The molecular formula is C14H19FO4.